The Morgan fingerprint density at radius 3 is 1.20 bits per heavy atom. The summed E-state index contributed by atoms with van der Waals surface area (Å²) >= 11 is 0. The maximum atomic E-state index is 12.8. The molecule has 0 heterocycles. The summed E-state index contributed by atoms with van der Waals surface area (Å²) in [7, 11) is 0. The first kappa shape index (κ1) is 60.1. The third kappa shape index (κ3) is 49.1. The molecule has 0 aliphatic rings. The maximum Gasteiger partial charge on any atom is 0.306 e. The number of carbonyl (C=O) groups excluding carboxylic acids is 3. The van der Waals surface area contributed by atoms with E-state index in [4.69, 9.17) is 14.2 Å². The molecule has 1 unspecified atom stereocenters. The van der Waals surface area contributed by atoms with E-state index < -0.39 is 6.10 Å². The van der Waals surface area contributed by atoms with Gasteiger partial charge in [-0.05, 0) is 103 Å². The molecule has 64 heavy (non-hydrogen) atoms. The largest absolute Gasteiger partial charge is 0.462 e. The van der Waals surface area contributed by atoms with Crippen LogP contribution >= 0.6 is 0 Å². The predicted molar refractivity (Wildman–Crippen MR) is 274 cm³/mol. The van der Waals surface area contributed by atoms with Crippen LogP contribution in [-0.2, 0) is 28.6 Å². The molecule has 0 aliphatic heterocycles. The average molecular weight is 887 g/mol. The summed E-state index contributed by atoms with van der Waals surface area (Å²) in [5.41, 5.74) is 0. The van der Waals surface area contributed by atoms with Crippen molar-refractivity contribution in [2.24, 2.45) is 0 Å². The van der Waals surface area contributed by atoms with Crippen LogP contribution in [0.2, 0.25) is 0 Å². The van der Waals surface area contributed by atoms with Crippen LogP contribution in [0.1, 0.15) is 220 Å². The molecule has 0 saturated heterocycles. The summed E-state index contributed by atoms with van der Waals surface area (Å²) in [5, 5.41) is 0. The van der Waals surface area contributed by atoms with E-state index in [0.717, 1.165) is 89.9 Å². The van der Waals surface area contributed by atoms with Gasteiger partial charge in [0, 0.05) is 19.3 Å². The first-order valence-corrected chi connectivity index (χ1v) is 25.9. The molecule has 6 nitrogen and oxygen atoms in total. The second kappa shape index (κ2) is 51.7. The topological polar surface area (TPSA) is 78.9 Å². The molecule has 1 atom stereocenters. The highest BCUT2D eigenvalue weighted by Crippen LogP contribution is 2.12. The Balaban J connectivity index is 4.50. The van der Waals surface area contributed by atoms with Crippen LogP contribution in [0.5, 0.6) is 0 Å². The standard InChI is InChI=1S/C58H94O6/c1-4-7-10-13-16-19-21-23-25-27-29-31-32-34-36-39-42-45-48-51-57(60)63-54-55(53-62-56(59)50-47-44-41-38-18-15-12-9-6-3)64-58(61)52-49-46-43-40-37-35-33-30-28-26-24-22-20-17-14-11-8-5-2/h7,10,16,19,23,25-26,28-31,33-34,36,38,41-42,45,55H,4-6,8-9,11-15,17-18,20-22,24,27,32,35,37,39-40,43-44,46-54H2,1-3H3/b10-7-,19-16-,25-23-,28-26-,31-29-,33-30-,36-34-,41-38-,45-42-. The predicted octanol–water partition coefficient (Wildman–Crippen LogP) is 17.1. The van der Waals surface area contributed by atoms with Gasteiger partial charge in [0.2, 0.25) is 0 Å². The van der Waals surface area contributed by atoms with Gasteiger partial charge in [-0.3, -0.25) is 14.4 Å². The van der Waals surface area contributed by atoms with E-state index in [1.807, 2.05) is 12.2 Å². The zero-order chi connectivity index (χ0) is 46.5. The first-order chi connectivity index (χ1) is 31.5. The summed E-state index contributed by atoms with van der Waals surface area (Å²) in [6.45, 7) is 6.36. The van der Waals surface area contributed by atoms with Crippen molar-refractivity contribution in [3.63, 3.8) is 0 Å². The van der Waals surface area contributed by atoms with Crippen molar-refractivity contribution >= 4 is 17.9 Å². The van der Waals surface area contributed by atoms with Gasteiger partial charge in [-0.2, -0.15) is 0 Å². The molecule has 0 aliphatic carbocycles. The Labute approximate surface area is 393 Å². The minimum Gasteiger partial charge on any atom is -0.462 e. The van der Waals surface area contributed by atoms with E-state index in [1.165, 1.54) is 77.0 Å². The van der Waals surface area contributed by atoms with Gasteiger partial charge in [-0.15, -0.1) is 0 Å². The molecular weight excluding hydrogens is 793 g/mol. The average Bonchev–Trinajstić information content (AvgIpc) is 3.29. The third-order valence-corrected chi connectivity index (χ3v) is 10.5. The Hall–Kier alpha value is -3.93. The first-order valence-electron chi connectivity index (χ1n) is 25.9. The van der Waals surface area contributed by atoms with Crippen molar-refractivity contribution < 1.29 is 28.6 Å². The van der Waals surface area contributed by atoms with Gasteiger partial charge in [0.25, 0.3) is 0 Å². The molecule has 0 bridgehead atoms. The van der Waals surface area contributed by atoms with Gasteiger partial charge in [-0.25, -0.2) is 0 Å². The Morgan fingerprint density at radius 2 is 0.703 bits per heavy atom. The highest BCUT2D eigenvalue weighted by molar-refractivity contribution is 5.71. The fraction of sp³-hybridized carbons (Fsp3) is 0.638. The lowest BCUT2D eigenvalue weighted by Crippen LogP contribution is -2.30. The summed E-state index contributed by atoms with van der Waals surface area (Å²) in [6.07, 6.45) is 69.5. The SMILES string of the molecule is CC/C=C\C/C=C\C/C=C\C/C=C\C/C=C\C/C=C\CCC(=O)OCC(COC(=O)CCC/C=C\CCCCCC)OC(=O)CCCCCCC/C=C\C=C/CCCCCCCCC. The van der Waals surface area contributed by atoms with Crippen molar-refractivity contribution in [1.82, 2.24) is 0 Å². The molecule has 0 N–H and O–H groups in total. The minimum atomic E-state index is -0.828. The molecule has 0 fully saturated rings. The Morgan fingerprint density at radius 1 is 0.344 bits per heavy atom. The lowest BCUT2D eigenvalue weighted by molar-refractivity contribution is -0.166. The molecule has 0 aromatic carbocycles. The smallest absolute Gasteiger partial charge is 0.306 e. The molecule has 0 amide bonds. The number of unbranched alkanes of at least 4 members (excludes halogenated alkanes) is 17. The molecule has 362 valence electrons. The molecule has 0 saturated carbocycles. The number of hydrogen-bond acceptors (Lipinski definition) is 6. The van der Waals surface area contributed by atoms with Crippen molar-refractivity contribution in [1.29, 1.82) is 0 Å². The van der Waals surface area contributed by atoms with Crippen molar-refractivity contribution in [3.8, 4) is 0 Å². The zero-order valence-electron chi connectivity index (χ0n) is 41.3. The second-order valence-corrected chi connectivity index (χ2v) is 16.7. The summed E-state index contributed by atoms with van der Waals surface area (Å²) < 4.78 is 16.6. The van der Waals surface area contributed by atoms with Gasteiger partial charge in [0.15, 0.2) is 6.10 Å². The van der Waals surface area contributed by atoms with Gasteiger partial charge < -0.3 is 14.2 Å². The van der Waals surface area contributed by atoms with E-state index in [2.05, 4.69) is 118 Å². The van der Waals surface area contributed by atoms with Crippen molar-refractivity contribution in [2.75, 3.05) is 13.2 Å². The van der Waals surface area contributed by atoms with Crippen LogP contribution in [0.4, 0.5) is 0 Å². The molecular formula is C58H94O6. The quantitative estimate of drug-likeness (QED) is 0.0199. The fourth-order valence-corrected chi connectivity index (χ4v) is 6.64. The molecule has 0 radical (unpaired) electrons. The summed E-state index contributed by atoms with van der Waals surface area (Å²) in [5.74, 6) is -1.07. The van der Waals surface area contributed by atoms with Crippen LogP contribution < -0.4 is 0 Å². The Bertz CT molecular complexity index is 1340. The molecule has 0 rings (SSSR count). The lowest BCUT2D eigenvalue weighted by atomic mass is 10.1. The number of hydrogen-bond donors (Lipinski definition) is 0. The van der Waals surface area contributed by atoms with E-state index >= 15 is 0 Å². The van der Waals surface area contributed by atoms with Crippen molar-refractivity contribution in [2.45, 2.75) is 226 Å². The normalized spacial score (nSPS) is 13.0. The van der Waals surface area contributed by atoms with E-state index in [-0.39, 0.29) is 44.0 Å². The van der Waals surface area contributed by atoms with Gasteiger partial charge in [-0.1, -0.05) is 207 Å². The third-order valence-electron chi connectivity index (χ3n) is 10.5. The molecule has 0 spiro atoms. The van der Waals surface area contributed by atoms with Crippen LogP contribution in [0.15, 0.2) is 109 Å². The lowest BCUT2D eigenvalue weighted by Gasteiger charge is -2.18. The van der Waals surface area contributed by atoms with E-state index in [9.17, 15) is 14.4 Å². The maximum absolute atomic E-state index is 12.8. The number of esters is 3. The van der Waals surface area contributed by atoms with Crippen LogP contribution in [-0.4, -0.2) is 37.2 Å². The van der Waals surface area contributed by atoms with Crippen LogP contribution in [0, 0.1) is 0 Å². The highest BCUT2D eigenvalue weighted by atomic mass is 16.6. The monoisotopic (exact) mass is 887 g/mol. The van der Waals surface area contributed by atoms with Crippen molar-refractivity contribution in [3.05, 3.63) is 109 Å². The fourth-order valence-electron chi connectivity index (χ4n) is 6.64. The molecule has 6 heteroatoms. The minimum absolute atomic E-state index is 0.125. The number of ether oxygens (including phenoxy) is 3. The summed E-state index contributed by atoms with van der Waals surface area (Å²) in [6, 6.07) is 0. The Kier molecular flexibility index (Phi) is 48.5. The molecule has 0 aromatic rings. The second-order valence-electron chi connectivity index (χ2n) is 16.7. The van der Waals surface area contributed by atoms with Gasteiger partial charge >= 0.3 is 17.9 Å². The van der Waals surface area contributed by atoms with E-state index in [0.29, 0.717) is 19.3 Å². The van der Waals surface area contributed by atoms with Crippen LogP contribution in [0.25, 0.3) is 0 Å². The van der Waals surface area contributed by atoms with Gasteiger partial charge in [0.05, 0.1) is 0 Å². The van der Waals surface area contributed by atoms with Gasteiger partial charge in [0.1, 0.15) is 13.2 Å². The zero-order valence-corrected chi connectivity index (χ0v) is 41.3. The van der Waals surface area contributed by atoms with Crippen LogP contribution in [0.3, 0.4) is 0 Å². The highest BCUT2D eigenvalue weighted by Gasteiger charge is 2.19. The number of allylic oxidation sites excluding steroid dienone is 18. The summed E-state index contributed by atoms with van der Waals surface area (Å²) in [4.78, 5) is 37.8. The van der Waals surface area contributed by atoms with E-state index in [1.54, 1.807) is 0 Å². The number of carbonyl (C=O) groups is 3. The molecule has 0 aromatic heterocycles. The number of rotatable bonds is 45.